The Bertz CT molecular complexity index is 2820. The third-order valence-corrected chi connectivity index (χ3v) is 13.2. The number of nitrogens with zero attached hydrogens (tertiary/aromatic N) is 2. The van der Waals surface area contributed by atoms with Crippen LogP contribution in [0.4, 0.5) is 34.1 Å². The maximum absolute atomic E-state index is 2.42. The van der Waals surface area contributed by atoms with Crippen molar-refractivity contribution in [3.63, 3.8) is 0 Å². The molecule has 10 aromatic rings. The van der Waals surface area contributed by atoms with Crippen LogP contribution in [-0.4, -0.2) is 14.5 Å². The topological polar surface area (TPSA) is 6.48 Å². The van der Waals surface area contributed by atoms with E-state index in [-0.39, 0.29) is 14.5 Å². The minimum absolute atomic E-state index is 0.235. The first-order chi connectivity index (χ1) is 28.3. The van der Waals surface area contributed by atoms with Gasteiger partial charge < -0.3 is 0 Å². The zero-order valence-corrected chi connectivity index (χ0v) is 33.0. The molecule has 1 aromatic heterocycles. The van der Waals surface area contributed by atoms with Gasteiger partial charge in [-0.3, -0.25) is 0 Å². The molecule has 0 fully saturated rings. The van der Waals surface area contributed by atoms with E-state index in [9.17, 15) is 0 Å². The SMILES string of the molecule is c1ccc(-c2ccc(N(c3ccc(-c4ccccc4)cc3)c3ccc(-c4ccc(N(c5ccccc5)c5cccc6c5[se]c5ccccc56)cc4)cc3)cc2)cc1. The summed E-state index contributed by atoms with van der Waals surface area (Å²) < 4.78 is 2.88. The second kappa shape index (κ2) is 15.3. The summed E-state index contributed by atoms with van der Waals surface area (Å²) >= 11 is 0.235. The van der Waals surface area contributed by atoms with Gasteiger partial charge in [0.15, 0.2) is 0 Å². The van der Waals surface area contributed by atoms with E-state index < -0.39 is 0 Å². The molecular formula is C54H38N2Se. The van der Waals surface area contributed by atoms with E-state index in [1.54, 1.807) is 0 Å². The molecule has 0 saturated heterocycles. The third kappa shape index (κ3) is 6.85. The Balaban J connectivity index is 0.988. The molecule has 57 heavy (non-hydrogen) atoms. The first kappa shape index (κ1) is 34.6. The zero-order valence-electron chi connectivity index (χ0n) is 31.2. The average Bonchev–Trinajstić information content (AvgIpc) is 3.68. The van der Waals surface area contributed by atoms with E-state index >= 15 is 0 Å². The van der Waals surface area contributed by atoms with E-state index in [4.69, 9.17) is 0 Å². The van der Waals surface area contributed by atoms with Crippen LogP contribution in [0, 0.1) is 0 Å². The van der Waals surface area contributed by atoms with Crippen LogP contribution in [0.25, 0.3) is 52.7 Å². The molecule has 0 aliphatic rings. The molecule has 10 rings (SSSR count). The van der Waals surface area contributed by atoms with E-state index in [1.807, 2.05) is 0 Å². The molecule has 0 N–H and O–H groups in total. The van der Waals surface area contributed by atoms with Crippen molar-refractivity contribution in [3.8, 4) is 33.4 Å². The van der Waals surface area contributed by atoms with Crippen LogP contribution in [0.3, 0.4) is 0 Å². The number of para-hydroxylation sites is 1. The van der Waals surface area contributed by atoms with Crippen molar-refractivity contribution in [3.05, 3.63) is 231 Å². The molecule has 0 spiro atoms. The van der Waals surface area contributed by atoms with E-state index in [2.05, 4.69) is 240 Å². The Morgan fingerprint density at radius 1 is 0.246 bits per heavy atom. The number of hydrogen-bond donors (Lipinski definition) is 0. The molecule has 9 aromatic carbocycles. The van der Waals surface area contributed by atoms with Gasteiger partial charge in [-0.1, -0.05) is 84.9 Å². The monoisotopic (exact) mass is 794 g/mol. The van der Waals surface area contributed by atoms with Crippen LogP contribution in [-0.2, 0) is 0 Å². The molecule has 270 valence electrons. The third-order valence-electron chi connectivity index (χ3n) is 10.7. The summed E-state index contributed by atoms with van der Waals surface area (Å²) in [4.78, 5) is 4.76. The predicted molar refractivity (Wildman–Crippen MR) is 244 cm³/mol. The fourth-order valence-electron chi connectivity index (χ4n) is 7.83. The number of anilines is 6. The number of fused-ring (bicyclic) bond motifs is 3. The van der Waals surface area contributed by atoms with Crippen LogP contribution >= 0.6 is 0 Å². The second-order valence-corrected chi connectivity index (χ2v) is 16.4. The van der Waals surface area contributed by atoms with E-state index in [1.165, 1.54) is 58.4 Å². The van der Waals surface area contributed by atoms with Gasteiger partial charge in [0.2, 0.25) is 0 Å². The van der Waals surface area contributed by atoms with Crippen molar-refractivity contribution in [1.82, 2.24) is 0 Å². The van der Waals surface area contributed by atoms with Gasteiger partial charge >= 0.3 is 199 Å². The largest absolute Gasteiger partial charge is 0.0617 e. The smallest absolute Gasteiger partial charge is 0.0374 e. The van der Waals surface area contributed by atoms with E-state index in [0.717, 1.165) is 28.4 Å². The summed E-state index contributed by atoms with van der Waals surface area (Å²) in [5.74, 6) is 0. The minimum atomic E-state index is 0.235. The maximum Gasteiger partial charge on any atom is -0.0374 e. The van der Waals surface area contributed by atoms with Gasteiger partial charge in [0.1, 0.15) is 0 Å². The Kier molecular flexibility index (Phi) is 9.30. The molecule has 3 heteroatoms. The molecule has 0 aliphatic heterocycles. The van der Waals surface area contributed by atoms with E-state index in [0.29, 0.717) is 0 Å². The summed E-state index contributed by atoms with van der Waals surface area (Å²) in [6.45, 7) is 0. The van der Waals surface area contributed by atoms with Crippen molar-refractivity contribution >= 4 is 67.9 Å². The van der Waals surface area contributed by atoms with Crippen LogP contribution in [0.15, 0.2) is 231 Å². The Morgan fingerprint density at radius 3 is 1.07 bits per heavy atom. The van der Waals surface area contributed by atoms with Crippen LogP contribution in [0.5, 0.6) is 0 Å². The second-order valence-electron chi connectivity index (χ2n) is 14.2. The summed E-state index contributed by atoms with van der Waals surface area (Å²) in [5.41, 5.74) is 14.1. The molecule has 0 amide bonds. The van der Waals surface area contributed by atoms with Crippen molar-refractivity contribution in [2.24, 2.45) is 0 Å². The van der Waals surface area contributed by atoms with Crippen LogP contribution in [0.1, 0.15) is 0 Å². The molecule has 0 saturated carbocycles. The maximum atomic E-state index is 2.42. The Labute approximate surface area is 339 Å². The summed E-state index contributed by atoms with van der Waals surface area (Å²) in [6, 6.07) is 83.3. The molecule has 0 bridgehead atoms. The Morgan fingerprint density at radius 2 is 0.596 bits per heavy atom. The number of benzene rings is 9. The number of hydrogen-bond acceptors (Lipinski definition) is 2. The molecule has 0 radical (unpaired) electrons. The summed E-state index contributed by atoms with van der Waals surface area (Å²) in [6.07, 6.45) is 0. The summed E-state index contributed by atoms with van der Waals surface area (Å²) in [7, 11) is 0. The average molecular weight is 794 g/mol. The molecular weight excluding hydrogens is 756 g/mol. The minimum Gasteiger partial charge on any atom is -0.0617 e. The van der Waals surface area contributed by atoms with Gasteiger partial charge in [-0.25, -0.2) is 0 Å². The quantitative estimate of drug-likeness (QED) is 0.134. The molecule has 1 heterocycles. The fourth-order valence-corrected chi connectivity index (χ4v) is 10.4. The Hall–Kier alpha value is -6.90. The van der Waals surface area contributed by atoms with Crippen LogP contribution in [0.2, 0.25) is 0 Å². The molecule has 0 aliphatic carbocycles. The fraction of sp³-hybridized carbons (Fsp3) is 0. The van der Waals surface area contributed by atoms with Crippen molar-refractivity contribution in [2.45, 2.75) is 0 Å². The van der Waals surface area contributed by atoms with Gasteiger partial charge in [-0.2, -0.15) is 0 Å². The van der Waals surface area contributed by atoms with Crippen molar-refractivity contribution in [2.75, 3.05) is 9.80 Å². The summed E-state index contributed by atoms with van der Waals surface area (Å²) in [5, 5.41) is 2.72. The molecule has 0 atom stereocenters. The van der Waals surface area contributed by atoms with Gasteiger partial charge in [0.25, 0.3) is 0 Å². The molecule has 0 unspecified atom stereocenters. The van der Waals surface area contributed by atoms with Gasteiger partial charge in [-0.05, 0) is 46.5 Å². The van der Waals surface area contributed by atoms with Crippen molar-refractivity contribution in [1.29, 1.82) is 0 Å². The standard InChI is InChI=1S/C54H38N2Se/c1-4-13-39(14-5-1)41-23-31-46(32-24-41)55(47-33-25-42(26-34-47)40-15-6-2-7-16-40)48-35-27-43(28-36-48)44-29-37-49(38-30-44)56(45-17-8-3-9-18-45)52-21-12-20-51-50-19-10-11-22-53(50)57-54(51)52/h1-38H. The number of rotatable bonds is 9. The first-order valence-corrected chi connectivity index (χ1v) is 21.1. The molecule has 2 nitrogen and oxygen atoms in total. The predicted octanol–water partition coefficient (Wildman–Crippen LogP) is 15.0. The van der Waals surface area contributed by atoms with Gasteiger partial charge in [0, 0.05) is 11.4 Å². The van der Waals surface area contributed by atoms with Gasteiger partial charge in [-0.15, -0.1) is 0 Å². The first-order valence-electron chi connectivity index (χ1n) is 19.3. The van der Waals surface area contributed by atoms with Crippen LogP contribution < -0.4 is 9.80 Å². The normalized spacial score (nSPS) is 11.2. The zero-order chi connectivity index (χ0) is 38.0. The van der Waals surface area contributed by atoms with Crippen molar-refractivity contribution < 1.29 is 0 Å². The van der Waals surface area contributed by atoms with Gasteiger partial charge in [0.05, 0.1) is 0 Å².